The summed E-state index contributed by atoms with van der Waals surface area (Å²) >= 11 is 7.81. The van der Waals surface area contributed by atoms with Gasteiger partial charge in [0.1, 0.15) is 23.3 Å². The van der Waals surface area contributed by atoms with Gasteiger partial charge in [0.15, 0.2) is 0 Å². The van der Waals surface area contributed by atoms with E-state index in [0.717, 1.165) is 131 Å². The summed E-state index contributed by atoms with van der Waals surface area (Å²) in [6, 6.07) is 143. The molecule has 0 N–H and O–H groups in total. The number of anilines is 8. The van der Waals surface area contributed by atoms with Gasteiger partial charge < -0.3 is 19.6 Å². The number of hydrogen-bond acceptors (Lipinski definition) is 8. The number of nitrogens with zero attached hydrogens (tertiary/aromatic N) is 12. The number of aryl methyl sites for hydroxylation is 4. The Labute approximate surface area is 760 Å². The van der Waals surface area contributed by atoms with Crippen LogP contribution in [0.1, 0.15) is 44.5 Å². The van der Waals surface area contributed by atoms with E-state index in [1.165, 1.54) is 100 Å². The average molecular weight is 1700 g/mol. The van der Waals surface area contributed by atoms with E-state index in [-0.39, 0.29) is 6.71 Å². The number of imidazole rings is 2. The van der Waals surface area contributed by atoms with Gasteiger partial charge in [0, 0.05) is 105 Å². The fraction of sp³-hybridized carbons (Fsp3) is 0.0690. The average Bonchev–Trinajstić information content (AvgIpc) is 1.46. The van der Waals surface area contributed by atoms with E-state index in [1.807, 2.05) is 30.6 Å². The van der Waals surface area contributed by atoms with E-state index >= 15 is 0 Å². The Bertz CT molecular complexity index is 8030. The Morgan fingerprint density at radius 1 is 0.292 bits per heavy atom. The molecule has 2 aliphatic rings. The third-order valence-corrected chi connectivity index (χ3v) is 26.5. The Morgan fingerprint density at radius 2 is 0.700 bits per heavy atom. The molecule has 6 aromatic heterocycles. The maximum atomic E-state index is 7.81. The van der Waals surface area contributed by atoms with Crippen LogP contribution in [-0.2, 0) is 26.2 Å². The highest BCUT2D eigenvalue weighted by molar-refractivity contribution is 7.00. The zero-order valence-corrected chi connectivity index (χ0v) is 73.2. The molecule has 0 radical (unpaired) electrons. The molecule has 16 aromatic carbocycles. The molecule has 0 bridgehead atoms. The monoisotopic (exact) mass is 1690 g/mol. The van der Waals surface area contributed by atoms with Gasteiger partial charge in [-0.25, -0.2) is 19.9 Å². The van der Waals surface area contributed by atoms with Gasteiger partial charge in [0.25, 0.3) is 6.71 Å². The van der Waals surface area contributed by atoms with Crippen LogP contribution in [0.4, 0.5) is 45.5 Å². The van der Waals surface area contributed by atoms with Crippen molar-refractivity contribution in [1.82, 2.24) is 38.2 Å². The molecule has 0 unspecified atom stereocenters. The Balaban J connectivity index is 0.000000148. The molecule has 12 nitrogen and oxygen atoms in total. The maximum Gasteiger partial charge on any atom is 0.252 e. The summed E-state index contributed by atoms with van der Waals surface area (Å²) in [5, 5.41) is 5.39. The molecule has 2 aliphatic heterocycles. The fourth-order valence-corrected chi connectivity index (χ4v) is 20.6. The number of rotatable bonds is 18. The quantitative estimate of drug-likeness (QED) is 0.0786. The van der Waals surface area contributed by atoms with Gasteiger partial charge in [0.05, 0.1) is 71.9 Å². The van der Waals surface area contributed by atoms with Gasteiger partial charge in [-0.3, -0.25) is 18.3 Å². The summed E-state index contributed by atoms with van der Waals surface area (Å²) in [6.45, 7) is 11.4. The third-order valence-electron chi connectivity index (χ3n) is 26.1. The molecule has 0 fully saturated rings. The second kappa shape index (κ2) is 33.0. The van der Waals surface area contributed by atoms with Gasteiger partial charge in [-0.1, -0.05) is 260 Å². The molecular weight excluding hydrogens is 1610 g/mol. The van der Waals surface area contributed by atoms with Gasteiger partial charge in [-0.15, -0.1) is 0 Å². The van der Waals surface area contributed by atoms with Crippen molar-refractivity contribution in [2.45, 2.75) is 53.9 Å². The molecule has 14 heteroatoms. The van der Waals surface area contributed by atoms with Crippen molar-refractivity contribution in [3.05, 3.63) is 462 Å². The van der Waals surface area contributed by atoms with E-state index in [9.17, 15) is 0 Å². The molecule has 24 rings (SSSR count). The summed E-state index contributed by atoms with van der Waals surface area (Å²) in [5.74, 6) is 3.63. The number of fused-ring (bicyclic) bond motifs is 12. The van der Waals surface area contributed by atoms with Crippen molar-refractivity contribution in [2.75, 3.05) is 19.6 Å². The molecule has 0 amide bonds. The van der Waals surface area contributed by atoms with Crippen molar-refractivity contribution in [2.24, 2.45) is 0 Å². The minimum Gasteiger partial charge on any atom is -0.338 e. The molecule has 0 atom stereocenters. The molecule has 8 heterocycles. The molecule has 22 aromatic rings. The lowest BCUT2D eigenvalue weighted by atomic mass is 9.33. The van der Waals surface area contributed by atoms with E-state index in [0.29, 0.717) is 18.1 Å². The largest absolute Gasteiger partial charge is 0.338 e. The van der Waals surface area contributed by atoms with Gasteiger partial charge in [-0.05, 0) is 240 Å². The number of para-hydroxylation sites is 8. The highest BCUT2D eigenvalue weighted by atomic mass is 35.5. The lowest BCUT2D eigenvalue weighted by molar-refractivity contribution is 0.959. The number of benzene rings is 16. The molecule has 0 aliphatic carbocycles. The highest BCUT2D eigenvalue weighted by Crippen LogP contribution is 2.48. The maximum absolute atomic E-state index is 7.81. The Kier molecular flexibility index (Phi) is 20.0. The van der Waals surface area contributed by atoms with Gasteiger partial charge >= 0.3 is 0 Å². The topological polar surface area (TPSA) is 84.2 Å². The first kappa shape index (κ1) is 78.6. The Hall–Kier alpha value is -16.1. The molecule has 0 saturated heterocycles. The lowest BCUT2D eigenvalue weighted by Gasteiger charge is -2.44. The summed E-state index contributed by atoms with van der Waals surface area (Å²) in [5.41, 5.74) is 35.4. The minimum absolute atomic E-state index is 0.0807. The van der Waals surface area contributed by atoms with Crippen LogP contribution in [-0.4, -0.2) is 44.9 Å². The Morgan fingerprint density at radius 3 is 1.22 bits per heavy atom. The smallest absolute Gasteiger partial charge is 0.252 e. The van der Waals surface area contributed by atoms with Crippen LogP contribution < -0.4 is 36.0 Å². The van der Waals surface area contributed by atoms with E-state index in [1.54, 1.807) is 0 Å². The van der Waals surface area contributed by atoms with Crippen LogP contribution in [0.25, 0.3) is 111 Å². The van der Waals surface area contributed by atoms with Crippen molar-refractivity contribution >= 4 is 146 Å². The standard InChI is InChI=1S/C58H43BN6.C58H45ClN6/c1-38-17-15-18-39(2)57(38)65-50-26-12-10-24-47(50)61-58(65)42-30-31-49-45(33-42)59-46-35-53-44(43-23-9-11-25-48(43)64(53)55-29-13-14-32-60-55)34-54(46)63(37-41-21-7-4-8-22-41)52-28-16-27-51(56(52)59)62(49)36-40-19-5-3-6-20-40;1-40-17-15-18-41(2)57(40)65-52-26-12-10-24-49(52)61-58(65)44-30-32-45(33-31-44)62(38-42-19-5-3-6-20-42)53-27-16-28-54(56(53)59)63(39-43-21-7-4-8-22-43)46-34-35-51-48(37-46)47-23-9-11-25-50(47)64(51)55-29-13-14-36-60-55/h3-35H,36-37H2,1-2H3;3-37H,38-39H2,1-2H3. The normalized spacial score (nSPS) is 12.1. The molecule has 0 spiro atoms. The number of hydrogen-bond donors (Lipinski definition) is 0. The van der Waals surface area contributed by atoms with Crippen molar-refractivity contribution in [3.63, 3.8) is 0 Å². The summed E-state index contributed by atoms with van der Waals surface area (Å²) in [4.78, 5) is 30.1. The summed E-state index contributed by atoms with van der Waals surface area (Å²) in [6.07, 6.45) is 3.74. The predicted molar refractivity (Wildman–Crippen MR) is 541 cm³/mol. The second-order valence-corrected chi connectivity index (χ2v) is 34.4. The molecule has 622 valence electrons. The molecule has 130 heavy (non-hydrogen) atoms. The van der Waals surface area contributed by atoms with Crippen molar-refractivity contribution in [3.8, 4) is 45.8 Å². The first-order chi connectivity index (χ1) is 64.1. The van der Waals surface area contributed by atoms with Gasteiger partial charge in [-0.2, -0.15) is 0 Å². The van der Waals surface area contributed by atoms with E-state index < -0.39 is 0 Å². The van der Waals surface area contributed by atoms with Gasteiger partial charge in [0.2, 0.25) is 0 Å². The second-order valence-electron chi connectivity index (χ2n) is 34.1. The van der Waals surface area contributed by atoms with Crippen LogP contribution in [0.3, 0.4) is 0 Å². The summed E-state index contributed by atoms with van der Waals surface area (Å²) in [7, 11) is 0. The fourth-order valence-electron chi connectivity index (χ4n) is 20.3. The molecular formula is C116H88BClN12. The minimum atomic E-state index is -0.0807. The zero-order valence-electron chi connectivity index (χ0n) is 72.4. The van der Waals surface area contributed by atoms with Crippen LogP contribution in [0.15, 0.2) is 413 Å². The lowest BCUT2D eigenvalue weighted by Crippen LogP contribution is -2.62. The molecule has 0 saturated carbocycles. The summed E-state index contributed by atoms with van der Waals surface area (Å²) < 4.78 is 9.29. The van der Waals surface area contributed by atoms with Crippen LogP contribution >= 0.6 is 11.6 Å². The first-order valence-electron chi connectivity index (χ1n) is 44.5. The number of aromatic nitrogens is 8. The van der Waals surface area contributed by atoms with Crippen LogP contribution in [0, 0.1) is 27.7 Å². The number of pyridine rings is 2. The van der Waals surface area contributed by atoms with Crippen molar-refractivity contribution in [1.29, 1.82) is 0 Å². The SMILES string of the molecule is Cc1cccc(C)c1-n1c(-c2ccc(N(Cc3ccccc3)c3cccc(N(Cc4ccccc4)c4ccc5c(c4)c4ccccc4n5-c4ccccn4)c3Cl)cc2)nc2ccccc21.Cc1cccc(C)c1-n1c(-c2ccc3c(c2)B2c4cc5c(cc4N(Cc4ccccc4)c4cccc(c42)N3Cc2ccccc2)c2ccccc2n5-c2ccccn2)nc2ccccc21. The van der Waals surface area contributed by atoms with E-state index in [2.05, 4.69) is 448 Å². The highest BCUT2D eigenvalue weighted by Gasteiger charge is 2.44. The van der Waals surface area contributed by atoms with E-state index in [4.69, 9.17) is 31.5 Å². The van der Waals surface area contributed by atoms with Crippen molar-refractivity contribution < 1.29 is 0 Å². The zero-order chi connectivity index (χ0) is 87.0. The van der Waals surface area contributed by atoms with Crippen LogP contribution in [0.5, 0.6) is 0 Å². The third kappa shape index (κ3) is 13.8. The predicted octanol–water partition coefficient (Wildman–Crippen LogP) is 26.8. The van der Waals surface area contributed by atoms with Crippen LogP contribution in [0.2, 0.25) is 5.02 Å². The first-order valence-corrected chi connectivity index (χ1v) is 44.9. The number of halogens is 1.